The van der Waals surface area contributed by atoms with E-state index in [-0.39, 0.29) is 0 Å². The first-order chi connectivity index (χ1) is 35.7. The summed E-state index contributed by atoms with van der Waals surface area (Å²) in [5.74, 6) is 0.707. The third kappa shape index (κ3) is 7.07. The molecule has 0 radical (unpaired) electrons. The van der Waals surface area contributed by atoms with Crippen molar-refractivity contribution in [3.8, 4) is 45.1 Å². The second-order valence-electron chi connectivity index (χ2n) is 17.7. The fourth-order valence-electron chi connectivity index (χ4n) is 10.9. The third-order valence-corrected chi connectivity index (χ3v) is 13.8. The molecule has 4 nitrogen and oxygen atoms in total. The maximum absolute atomic E-state index is 5.21. The summed E-state index contributed by atoms with van der Waals surface area (Å²) in [7, 11) is 0. The largest absolute Gasteiger partial charge is 0.309 e. The molecule has 0 aliphatic carbocycles. The van der Waals surface area contributed by atoms with Gasteiger partial charge in [-0.25, -0.2) is 9.97 Å². The molecule has 0 aliphatic rings. The van der Waals surface area contributed by atoms with Crippen LogP contribution in [0.1, 0.15) is 13.8 Å². The van der Waals surface area contributed by atoms with E-state index in [0.29, 0.717) is 5.82 Å². The molecule has 4 heteroatoms. The Hall–Kier alpha value is -9.38. The third-order valence-electron chi connectivity index (χ3n) is 13.8. The summed E-state index contributed by atoms with van der Waals surface area (Å²) in [6, 6.07) is 83.2. The Morgan fingerprint density at radius 1 is 0.319 bits per heavy atom. The van der Waals surface area contributed by atoms with E-state index in [1.54, 1.807) is 12.2 Å². The number of benzene rings is 11. The van der Waals surface area contributed by atoms with E-state index in [1.165, 1.54) is 81.5 Å². The molecule has 3 aromatic heterocycles. The van der Waals surface area contributed by atoms with Crippen molar-refractivity contribution in [3.05, 3.63) is 256 Å². The highest BCUT2D eigenvalue weighted by Gasteiger charge is 2.26. The van der Waals surface area contributed by atoms with Gasteiger partial charge in [0, 0.05) is 65.6 Å². The van der Waals surface area contributed by atoms with Crippen LogP contribution in [0, 0.1) is 0 Å². The lowest BCUT2D eigenvalue weighted by Crippen LogP contribution is -1.97. The summed E-state index contributed by atoms with van der Waals surface area (Å²) in [6.45, 7) is 10.7. The number of aromatic nitrogens is 4. The van der Waals surface area contributed by atoms with Crippen LogP contribution in [0.3, 0.4) is 0 Å². The molecule has 0 aliphatic heterocycles. The molecule has 342 valence electrons. The van der Waals surface area contributed by atoms with Crippen molar-refractivity contribution in [1.29, 1.82) is 0 Å². The Morgan fingerprint density at radius 3 is 1.21 bits per heavy atom. The van der Waals surface area contributed by atoms with Crippen molar-refractivity contribution in [2.45, 2.75) is 13.8 Å². The highest BCUT2D eigenvalue weighted by atomic mass is 15.0. The number of allylic oxidation sites excluding steroid dienone is 2. The molecule has 0 N–H and O–H groups in total. The number of hydrogen-bond acceptors (Lipinski definition) is 2. The molecule has 11 aromatic carbocycles. The SMILES string of the molecule is C=CC=C.CC.c1ccc(-c2ccc(-n3c4ccccc4c4c5c(c6ccccc6c43)c3ccccc3c3c5c4ccccc4n3-c3ccc(-c4nc(-c5ccccc5)c5ccccc5n4)cc3)cc2)cc1. The Bertz CT molecular complexity index is 4350. The van der Waals surface area contributed by atoms with E-state index in [9.17, 15) is 0 Å². The summed E-state index contributed by atoms with van der Waals surface area (Å²) >= 11 is 0. The number of nitrogens with zero attached hydrogens (tertiary/aromatic N) is 4. The molecule has 14 rings (SSSR count). The average molecular weight is 923 g/mol. The van der Waals surface area contributed by atoms with Crippen molar-refractivity contribution in [1.82, 2.24) is 19.1 Å². The maximum atomic E-state index is 5.21. The van der Waals surface area contributed by atoms with Crippen LogP contribution in [0.4, 0.5) is 0 Å². The molecule has 0 fully saturated rings. The molecule has 0 saturated carbocycles. The lowest BCUT2D eigenvalue weighted by Gasteiger charge is -2.17. The van der Waals surface area contributed by atoms with Crippen LogP contribution < -0.4 is 0 Å². The second-order valence-corrected chi connectivity index (χ2v) is 17.7. The Labute approximate surface area is 418 Å². The van der Waals surface area contributed by atoms with Gasteiger partial charge < -0.3 is 9.13 Å². The molecule has 0 spiro atoms. The van der Waals surface area contributed by atoms with Crippen molar-refractivity contribution in [2.24, 2.45) is 0 Å². The maximum Gasteiger partial charge on any atom is 0.160 e. The summed E-state index contributed by atoms with van der Waals surface area (Å²) in [5, 5.41) is 13.5. The summed E-state index contributed by atoms with van der Waals surface area (Å²) in [4.78, 5) is 10.3. The zero-order valence-electron chi connectivity index (χ0n) is 40.3. The van der Waals surface area contributed by atoms with Gasteiger partial charge in [0.25, 0.3) is 0 Å². The Balaban J connectivity index is 0.000000844. The molecular weight excluding hydrogens is 873 g/mol. The highest BCUT2D eigenvalue weighted by molar-refractivity contribution is 6.45. The molecule has 0 saturated heterocycles. The topological polar surface area (TPSA) is 35.6 Å². The van der Waals surface area contributed by atoms with Crippen molar-refractivity contribution in [3.63, 3.8) is 0 Å². The van der Waals surface area contributed by atoms with Gasteiger partial charge in [0.1, 0.15) is 0 Å². The van der Waals surface area contributed by atoms with Crippen LogP contribution in [0.25, 0.3) is 132 Å². The van der Waals surface area contributed by atoms with E-state index >= 15 is 0 Å². The molecule has 0 atom stereocenters. The number of hydrogen-bond donors (Lipinski definition) is 0. The van der Waals surface area contributed by atoms with E-state index < -0.39 is 0 Å². The van der Waals surface area contributed by atoms with Gasteiger partial charge in [-0.05, 0) is 81.9 Å². The lowest BCUT2D eigenvalue weighted by atomic mass is 9.89. The van der Waals surface area contributed by atoms with Gasteiger partial charge in [-0.1, -0.05) is 215 Å². The van der Waals surface area contributed by atoms with Crippen molar-refractivity contribution >= 4 is 86.8 Å². The van der Waals surface area contributed by atoms with Gasteiger partial charge in [0.2, 0.25) is 0 Å². The normalized spacial score (nSPS) is 11.3. The first-order valence-corrected chi connectivity index (χ1v) is 24.7. The van der Waals surface area contributed by atoms with Crippen LogP contribution >= 0.6 is 0 Å². The minimum atomic E-state index is 0.707. The van der Waals surface area contributed by atoms with Crippen molar-refractivity contribution in [2.75, 3.05) is 0 Å². The number of para-hydroxylation sites is 3. The fourth-order valence-corrected chi connectivity index (χ4v) is 10.9. The van der Waals surface area contributed by atoms with E-state index in [0.717, 1.165) is 44.6 Å². The molecule has 3 heterocycles. The average Bonchev–Trinajstić information content (AvgIpc) is 4.00. The summed E-state index contributed by atoms with van der Waals surface area (Å²) < 4.78 is 4.98. The van der Waals surface area contributed by atoms with Gasteiger partial charge >= 0.3 is 0 Å². The first kappa shape index (κ1) is 43.9. The number of fused-ring (bicyclic) bond motifs is 16. The minimum Gasteiger partial charge on any atom is -0.309 e. The standard InChI is InChI=1S/C62H38N4.C4H6.C2H6/c1-3-17-39(18-4-1)40-31-35-43(36-32-40)65-53-29-15-12-26-50(53)56-58-55(45-21-7-9-23-47(45)60(56)65)46-22-8-10-24-48(46)61-57(58)51-27-13-16-30-54(51)66(61)44-37-33-42(34-38-44)62-63-52-28-14-11-25-49(52)59(64-62)41-19-5-2-6-20-41;1-3-4-2;1-2/h1-38H;3-4H,1-2H2;1-2H3. The lowest BCUT2D eigenvalue weighted by molar-refractivity contribution is 1.18. The molecule has 0 bridgehead atoms. The summed E-state index contributed by atoms with van der Waals surface area (Å²) in [6.07, 6.45) is 3.28. The van der Waals surface area contributed by atoms with Gasteiger partial charge in [0.15, 0.2) is 5.82 Å². The number of rotatable bonds is 6. The highest BCUT2D eigenvalue weighted by Crippen LogP contribution is 2.50. The molecule has 0 unspecified atom stereocenters. The smallest absolute Gasteiger partial charge is 0.160 e. The first-order valence-electron chi connectivity index (χ1n) is 24.7. The van der Waals surface area contributed by atoms with Gasteiger partial charge in [0.05, 0.1) is 33.3 Å². The van der Waals surface area contributed by atoms with E-state index in [4.69, 9.17) is 9.97 Å². The van der Waals surface area contributed by atoms with Crippen LogP contribution in [0.15, 0.2) is 256 Å². The molecule has 0 amide bonds. The van der Waals surface area contributed by atoms with E-state index in [2.05, 4.69) is 241 Å². The van der Waals surface area contributed by atoms with Crippen LogP contribution in [0.5, 0.6) is 0 Å². The van der Waals surface area contributed by atoms with Crippen molar-refractivity contribution < 1.29 is 0 Å². The van der Waals surface area contributed by atoms with Crippen LogP contribution in [-0.2, 0) is 0 Å². The van der Waals surface area contributed by atoms with Gasteiger partial charge in [-0.2, -0.15) is 0 Å². The van der Waals surface area contributed by atoms with Gasteiger partial charge in [-0.3, -0.25) is 0 Å². The quantitative estimate of drug-likeness (QED) is 0.123. The Morgan fingerprint density at radius 2 is 0.708 bits per heavy atom. The monoisotopic (exact) mass is 922 g/mol. The minimum absolute atomic E-state index is 0.707. The predicted molar refractivity (Wildman–Crippen MR) is 309 cm³/mol. The van der Waals surface area contributed by atoms with Crippen LogP contribution in [0.2, 0.25) is 0 Å². The molecular formula is C68H50N4. The van der Waals surface area contributed by atoms with Gasteiger partial charge in [-0.15, -0.1) is 0 Å². The zero-order valence-corrected chi connectivity index (χ0v) is 40.3. The molecule has 72 heavy (non-hydrogen) atoms. The van der Waals surface area contributed by atoms with Crippen LogP contribution in [-0.4, -0.2) is 19.1 Å². The fraction of sp³-hybridized carbons (Fsp3) is 0.0294. The zero-order chi connectivity index (χ0) is 48.7. The summed E-state index contributed by atoms with van der Waals surface area (Å²) in [5.41, 5.74) is 13.3. The second kappa shape index (κ2) is 18.5. The molecule has 14 aromatic rings. The van der Waals surface area contributed by atoms with E-state index in [1.807, 2.05) is 26.0 Å². The Kier molecular flexibility index (Phi) is 11.3. The predicted octanol–water partition coefficient (Wildman–Crippen LogP) is 18.7.